The van der Waals surface area contributed by atoms with E-state index in [1.807, 2.05) is 18.2 Å². The van der Waals surface area contributed by atoms with Crippen LogP contribution in [0.5, 0.6) is 0 Å². The Bertz CT molecular complexity index is 982. The van der Waals surface area contributed by atoms with Gasteiger partial charge in [-0.2, -0.15) is 0 Å². The van der Waals surface area contributed by atoms with E-state index < -0.39 is 15.8 Å². The van der Waals surface area contributed by atoms with Crippen molar-refractivity contribution in [1.29, 1.82) is 0 Å². The number of anilines is 2. The lowest BCUT2D eigenvalue weighted by Gasteiger charge is -2.37. The molecule has 2 N–H and O–H groups in total. The second kappa shape index (κ2) is 11.5. The molecule has 0 aliphatic carbocycles. The van der Waals surface area contributed by atoms with Crippen LogP contribution >= 0.6 is 24.0 Å². The topological polar surface area (TPSA) is 89.9 Å². The predicted octanol–water partition coefficient (Wildman–Crippen LogP) is 2.29. The van der Waals surface area contributed by atoms with Crippen molar-refractivity contribution in [2.24, 2.45) is 4.99 Å². The summed E-state index contributed by atoms with van der Waals surface area (Å²) in [7, 11) is -1.94. The summed E-state index contributed by atoms with van der Waals surface area (Å²) in [6.07, 6.45) is 1.78. The molecule has 1 saturated heterocycles. The highest BCUT2D eigenvalue weighted by Crippen LogP contribution is 2.15. The van der Waals surface area contributed by atoms with Gasteiger partial charge in [-0.15, -0.1) is 24.0 Å². The maximum Gasteiger partial charge on any atom is 0.234 e. The summed E-state index contributed by atoms with van der Waals surface area (Å²) in [6.45, 7) is 4.93. The van der Waals surface area contributed by atoms with E-state index in [0.29, 0.717) is 11.5 Å². The molecule has 2 aromatic rings. The number of pyridine rings is 1. The van der Waals surface area contributed by atoms with Crippen molar-refractivity contribution >= 4 is 51.5 Å². The maximum atomic E-state index is 13.6. The number of aryl methyl sites for hydroxylation is 1. The lowest BCUT2D eigenvalue weighted by molar-refractivity contribution is 0.372. The SMILES string of the molecule is CN=C(NCCS(=O)(=O)Nc1ccc(C)c(F)c1)N1CCN(c2ccccn2)CC1.I. The molecule has 0 radical (unpaired) electrons. The molecule has 0 bridgehead atoms. The number of sulfonamides is 1. The number of piperazine rings is 1. The standard InChI is InChI=1S/C20H27FN6O2S.HI/c1-16-6-7-17(15-18(16)21)25-30(28,29)14-9-24-20(22-2)27-12-10-26(11-13-27)19-5-3-4-8-23-19;/h3-8,15,25H,9-14H2,1-2H3,(H,22,24);1H. The average molecular weight is 562 g/mol. The molecule has 8 nitrogen and oxygen atoms in total. The van der Waals surface area contributed by atoms with Gasteiger partial charge in [-0.3, -0.25) is 9.71 Å². The number of hydrogen-bond acceptors (Lipinski definition) is 5. The van der Waals surface area contributed by atoms with Gasteiger partial charge in [0, 0.05) is 46.0 Å². The quantitative estimate of drug-likeness (QED) is 0.319. The Morgan fingerprint density at radius 2 is 1.94 bits per heavy atom. The molecule has 0 unspecified atom stereocenters. The summed E-state index contributed by atoms with van der Waals surface area (Å²) in [5.41, 5.74) is 0.680. The van der Waals surface area contributed by atoms with E-state index in [-0.39, 0.29) is 42.0 Å². The fourth-order valence-corrected chi connectivity index (χ4v) is 4.16. The van der Waals surface area contributed by atoms with Crippen molar-refractivity contribution in [3.63, 3.8) is 0 Å². The third kappa shape index (κ3) is 7.20. The molecule has 170 valence electrons. The van der Waals surface area contributed by atoms with Crippen LogP contribution in [0.15, 0.2) is 47.6 Å². The summed E-state index contributed by atoms with van der Waals surface area (Å²) < 4.78 is 40.6. The Labute approximate surface area is 200 Å². The average Bonchev–Trinajstić information content (AvgIpc) is 2.74. The number of benzene rings is 1. The molecular weight excluding hydrogens is 534 g/mol. The van der Waals surface area contributed by atoms with Gasteiger partial charge >= 0.3 is 0 Å². The molecule has 0 saturated carbocycles. The van der Waals surface area contributed by atoms with E-state index >= 15 is 0 Å². The first-order chi connectivity index (χ1) is 14.4. The molecule has 1 aliphatic rings. The highest BCUT2D eigenvalue weighted by atomic mass is 127. The number of hydrogen-bond donors (Lipinski definition) is 2. The highest BCUT2D eigenvalue weighted by molar-refractivity contribution is 14.0. The van der Waals surface area contributed by atoms with Gasteiger partial charge in [0.25, 0.3) is 0 Å². The Hall–Kier alpha value is -2.15. The number of guanidine groups is 1. The first-order valence-electron chi connectivity index (χ1n) is 9.76. The molecule has 1 fully saturated rings. The van der Waals surface area contributed by atoms with E-state index in [4.69, 9.17) is 0 Å². The van der Waals surface area contributed by atoms with Crippen LogP contribution in [-0.2, 0) is 10.0 Å². The van der Waals surface area contributed by atoms with Crippen LogP contribution in [0, 0.1) is 12.7 Å². The van der Waals surface area contributed by atoms with Crippen LogP contribution in [0.4, 0.5) is 15.9 Å². The van der Waals surface area contributed by atoms with E-state index in [1.54, 1.807) is 26.2 Å². The van der Waals surface area contributed by atoms with Gasteiger partial charge in [0.1, 0.15) is 11.6 Å². The van der Waals surface area contributed by atoms with E-state index in [9.17, 15) is 12.8 Å². The normalized spacial score (nSPS) is 14.7. The van der Waals surface area contributed by atoms with Crippen molar-refractivity contribution in [3.05, 3.63) is 54.0 Å². The van der Waals surface area contributed by atoms with Crippen molar-refractivity contribution in [3.8, 4) is 0 Å². The smallest absolute Gasteiger partial charge is 0.234 e. The molecule has 1 aromatic heterocycles. The largest absolute Gasteiger partial charge is 0.355 e. The highest BCUT2D eigenvalue weighted by Gasteiger charge is 2.21. The molecule has 0 atom stereocenters. The third-order valence-electron chi connectivity index (χ3n) is 4.86. The maximum absolute atomic E-state index is 13.6. The number of halogens is 2. The van der Waals surface area contributed by atoms with Gasteiger partial charge in [-0.25, -0.2) is 17.8 Å². The summed E-state index contributed by atoms with van der Waals surface area (Å²) in [6, 6.07) is 10.1. The van der Waals surface area contributed by atoms with E-state index in [0.717, 1.165) is 32.0 Å². The van der Waals surface area contributed by atoms with Crippen LogP contribution in [0.1, 0.15) is 5.56 Å². The summed E-state index contributed by atoms with van der Waals surface area (Å²) in [5, 5.41) is 3.10. The number of nitrogens with one attached hydrogen (secondary N) is 2. The van der Waals surface area contributed by atoms with Gasteiger partial charge in [-0.1, -0.05) is 12.1 Å². The molecule has 2 heterocycles. The van der Waals surface area contributed by atoms with Gasteiger partial charge in [0.15, 0.2) is 5.96 Å². The number of rotatable bonds is 6. The molecule has 1 aliphatic heterocycles. The van der Waals surface area contributed by atoms with Gasteiger partial charge in [0.05, 0.1) is 11.4 Å². The minimum atomic E-state index is -3.61. The molecule has 11 heteroatoms. The molecule has 0 amide bonds. The van der Waals surface area contributed by atoms with Crippen molar-refractivity contribution in [1.82, 2.24) is 15.2 Å². The predicted molar refractivity (Wildman–Crippen MR) is 133 cm³/mol. The first-order valence-corrected chi connectivity index (χ1v) is 11.4. The van der Waals surface area contributed by atoms with Gasteiger partial charge in [-0.05, 0) is 36.8 Å². The number of aromatic nitrogens is 1. The Morgan fingerprint density at radius 1 is 1.19 bits per heavy atom. The Morgan fingerprint density at radius 3 is 2.55 bits per heavy atom. The van der Waals surface area contributed by atoms with Crippen LogP contribution in [0.2, 0.25) is 0 Å². The number of nitrogens with zero attached hydrogens (tertiary/aromatic N) is 4. The Balaban J connectivity index is 0.00000341. The zero-order valence-corrected chi connectivity index (χ0v) is 20.7. The molecule has 31 heavy (non-hydrogen) atoms. The van der Waals surface area contributed by atoms with Gasteiger partial charge in [0.2, 0.25) is 10.0 Å². The monoisotopic (exact) mass is 562 g/mol. The fraction of sp³-hybridized carbons (Fsp3) is 0.400. The second-order valence-corrected chi connectivity index (χ2v) is 8.86. The minimum absolute atomic E-state index is 0. The first kappa shape index (κ1) is 25.1. The van der Waals surface area contributed by atoms with E-state index in [1.165, 1.54) is 12.1 Å². The van der Waals surface area contributed by atoms with Crippen molar-refractivity contribution in [2.75, 3.05) is 55.1 Å². The van der Waals surface area contributed by atoms with Crippen LogP contribution in [-0.4, -0.2) is 69.8 Å². The molecule has 3 rings (SSSR count). The zero-order valence-electron chi connectivity index (χ0n) is 17.6. The van der Waals surface area contributed by atoms with Crippen LogP contribution in [0.25, 0.3) is 0 Å². The third-order valence-corrected chi connectivity index (χ3v) is 6.15. The summed E-state index contributed by atoms with van der Waals surface area (Å²) in [5.74, 6) is 1.01. The van der Waals surface area contributed by atoms with Crippen molar-refractivity contribution in [2.45, 2.75) is 6.92 Å². The summed E-state index contributed by atoms with van der Waals surface area (Å²) in [4.78, 5) is 12.9. The molecular formula is C20H28FIN6O2S. The molecule has 0 spiro atoms. The van der Waals surface area contributed by atoms with Crippen molar-refractivity contribution < 1.29 is 12.8 Å². The van der Waals surface area contributed by atoms with E-state index in [2.05, 4.69) is 29.8 Å². The number of aliphatic imine (C=N–C) groups is 1. The van der Waals surface area contributed by atoms with Crippen LogP contribution in [0.3, 0.4) is 0 Å². The zero-order chi connectivity index (χ0) is 21.6. The second-order valence-electron chi connectivity index (χ2n) is 7.02. The lowest BCUT2D eigenvalue weighted by atomic mass is 10.2. The Kier molecular flexibility index (Phi) is 9.29. The summed E-state index contributed by atoms with van der Waals surface area (Å²) >= 11 is 0. The fourth-order valence-electron chi connectivity index (χ4n) is 3.20. The molecule has 1 aromatic carbocycles. The van der Waals surface area contributed by atoms with Gasteiger partial charge < -0.3 is 15.1 Å². The van der Waals surface area contributed by atoms with Crippen LogP contribution < -0.4 is 14.9 Å². The lowest BCUT2D eigenvalue weighted by Crippen LogP contribution is -2.53. The minimum Gasteiger partial charge on any atom is -0.355 e.